The summed E-state index contributed by atoms with van der Waals surface area (Å²) in [4.78, 5) is 26.8. The molecule has 1 saturated heterocycles. The van der Waals surface area contributed by atoms with Gasteiger partial charge in [0.25, 0.3) is 5.91 Å². The monoisotopic (exact) mass is 503 g/mol. The second-order valence-corrected chi connectivity index (χ2v) is 9.52. The summed E-state index contributed by atoms with van der Waals surface area (Å²) in [5.41, 5.74) is 6.02. The quantitative estimate of drug-likeness (QED) is 0.323. The van der Waals surface area contributed by atoms with Crippen molar-refractivity contribution in [3.63, 3.8) is 0 Å². The maximum absolute atomic E-state index is 13.1. The summed E-state index contributed by atoms with van der Waals surface area (Å²) >= 11 is 0. The molecule has 38 heavy (non-hydrogen) atoms. The number of ether oxygens (including phenoxy) is 1. The van der Waals surface area contributed by atoms with Crippen LogP contribution in [0.15, 0.2) is 91.4 Å². The Balaban J connectivity index is 1.34. The number of hydrogen-bond acceptors (Lipinski definition) is 5. The van der Waals surface area contributed by atoms with Gasteiger partial charge in [-0.3, -0.25) is 4.79 Å². The Bertz CT molecular complexity index is 1570. The van der Waals surface area contributed by atoms with Crippen molar-refractivity contribution in [2.24, 2.45) is 0 Å². The molecule has 6 rings (SSSR count). The highest BCUT2D eigenvalue weighted by atomic mass is 16.5. The first kappa shape index (κ1) is 23.7. The minimum Gasteiger partial charge on any atom is -0.497 e. The number of rotatable bonds is 5. The van der Waals surface area contributed by atoms with Crippen molar-refractivity contribution in [2.75, 3.05) is 38.2 Å². The zero-order chi connectivity index (χ0) is 26.1. The lowest BCUT2D eigenvalue weighted by molar-refractivity contribution is 0.0746. The van der Waals surface area contributed by atoms with Crippen LogP contribution in [0.4, 0.5) is 5.82 Å². The van der Waals surface area contributed by atoms with Crippen molar-refractivity contribution in [2.45, 2.75) is 6.92 Å². The molecule has 0 aliphatic carbocycles. The van der Waals surface area contributed by atoms with Crippen LogP contribution in [0, 0.1) is 6.92 Å². The standard InChI is InChI=1S/C31H29N5O2/c1-22-8-12-25(13-9-22)36-20-27(23-6-4-3-5-7-23)28-29(32-21-33-30(28)36)34-16-18-35(19-17-34)31(37)24-10-14-26(38-2)15-11-24/h3-15,20-21H,16-19H2,1-2H3. The van der Waals surface area contributed by atoms with Gasteiger partial charge in [0.2, 0.25) is 0 Å². The summed E-state index contributed by atoms with van der Waals surface area (Å²) in [5, 5.41) is 1.02. The van der Waals surface area contributed by atoms with Crippen molar-refractivity contribution >= 4 is 22.8 Å². The Morgan fingerprint density at radius 2 is 1.55 bits per heavy atom. The van der Waals surface area contributed by atoms with E-state index in [1.807, 2.05) is 35.2 Å². The maximum atomic E-state index is 13.1. The second-order valence-electron chi connectivity index (χ2n) is 9.52. The number of carbonyl (C=O) groups excluding carboxylic acids is 1. The average Bonchev–Trinajstić information content (AvgIpc) is 3.38. The highest BCUT2D eigenvalue weighted by Gasteiger charge is 2.26. The number of anilines is 1. The molecule has 0 unspecified atom stereocenters. The molecule has 3 heterocycles. The van der Waals surface area contributed by atoms with Gasteiger partial charge < -0.3 is 19.1 Å². The molecule has 0 N–H and O–H groups in total. The maximum Gasteiger partial charge on any atom is 0.253 e. The fourth-order valence-electron chi connectivity index (χ4n) is 5.06. The lowest BCUT2D eigenvalue weighted by atomic mass is 10.1. The molecule has 7 heteroatoms. The minimum atomic E-state index is 0.0376. The van der Waals surface area contributed by atoms with E-state index in [4.69, 9.17) is 14.7 Å². The van der Waals surface area contributed by atoms with E-state index >= 15 is 0 Å². The van der Waals surface area contributed by atoms with Gasteiger partial charge in [0.1, 0.15) is 17.9 Å². The van der Waals surface area contributed by atoms with E-state index in [1.165, 1.54) is 5.56 Å². The molecular formula is C31H29N5O2. The van der Waals surface area contributed by atoms with E-state index in [2.05, 4.69) is 71.1 Å². The Labute approximate surface area is 221 Å². The SMILES string of the molecule is COc1ccc(C(=O)N2CCN(c3ncnc4c3c(-c3ccccc3)cn4-c3ccc(C)cc3)CC2)cc1. The van der Waals surface area contributed by atoms with Crippen LogP contribution in [-0.2, 0) is 0 Å². The lowest BCUT2D eigenvalue weighted by Gasteiger charge is -2.35. The molecule has 0 atom stereocenters. The molecular weight excluding hydrogens is 474 g/mol. The molecule has 5 aromatic rings. The fourth-order valence-corrected chi connectivity index (χ4v) is 5.06. The van der Waals surface area contributed by atoms with Gasteiger partial charge in [0.05, 0.1) is 12.5 Å². The average molecular weight is 504 g/mol. The van der Waals surface area contributed by atoms with Gasteiger partial charge in [0, 0.05) is 49.2 Å². The number of aryl methyl sites for hydroxylation is 1. The molecule has 3 aromatic carbocycles. The fraction of sp³-hybridized carbons (Fsp3) is 0.194. The number of amides is 1. The number of aromatic nitrogens is 3. The van der Waals surface area contributed by atoms with E-state index < -0.39 is 0 Å². The van der Waals surface area contributed by atoms with Crippen LogP contribution in [0.2, 0.25) is 0 Å². The van der Waals surface area contributed by atoms with Crippen molar-refractivity contribution < 1.29 is 9.53 Å². The summed E-state index contributed by atoms with van der Waals surface area (Å²) in [7, 11) is 1.62. The molecule has 2 aromatic heterocycles. The Morgan fingerprint density at radius 1 is 0.842 bits per heavy atom. The Kier molecular flexibility index (Phi) is 6.25. The Morgan fingerprint density at radius 3 is 2.24 bits per heavy atom. The first-order valence-electron chi connectivity index (χ1n) is 12.8. The second kappa shape index (κ2) is 10.0. The number of methoxy groups -OCH3 is 1. The summed E-state index contributed by atoms with van der Waals surface area (Å²) in [6, 6.07) is 26.1. The molecule has 0 radical (unpaired) electrons. The molecule has 1 aliphatic rings. The first-order chi connectivity index (χ1) is 18.6. The number of benzene rings is 3. The van der Waals surface area contributed by atoms with Crippen LogP contribution < -0.4 is 9.64 Å². The predicted octanol–water partition coefficient (Wildman–Crippen LogP) is 5.37. The summed E-state index contributed by atoms with van der Waals surface area (Å²) in [6.45, 7) is 4.72. The summed E-state index contributed by atoms with van der Waals surface area (Å²) < 4.78 is 7.37. The minimum absolute atomic E-state index is 0.0376. The highest BCUT2D eigenvalue weighted by molar-refractivity contribution is 6.02. The van der Waals surface area contributed by atoms with Gasteiger partial charge in [-0.15, -0.1) is 0 Å². The van der Waals surface area contributed by atoms with Crippen molar-refractivity contribution in [1.82, 2.24) is 19.4 Å². The zero-order valence-corrected chi connectivity index (χ0v) is 21.5. The van der Waals surface area contributed by atoms with Gasteiger partial charge in [-0.2, -0.15) is 0 Å². The third-order valence-corrected chi connectivity index (χ3v) is 7.16. The number of piperazine rings is 1. The molecule has 1 amide bonds. The number of hydrogen-bond donors (Lipinski definition) is 0. The van der Waals surface area contributed by atoms with Crippen LogP contribution in [0.3, 0.4) is 0 Å². The smallest absolute Gasteiger partial charge is 0.253 e. The summed E-state index contributed by atoms with van der Waals surface area (Å²) in [6.07, 6.45) is 3.80. The van der Waals surface area contributed by atoms with Crippen molar-refractivity contribution in [3.05, 3.63) is 103 Å². The van der Waals surface area contributed by atoms with E-state index in [0.29, 0.717) is 31.7 Å². The molecule has 7 nitrogen and oxygen atoms in total. The summed E-state index contributed by atoms with van der Waals surface area (Å²) in [5.74, 6) is 1.68. The van der Waals surface area contributed by atoms with E-state index in [1.54, 1.807) is 13.4 Å². The molecule has 0 spiro atoms. The van der Waals surface area contributed by atoms with E-state index in [9.17, 15) is 4.79 Å². The van der Waals surface area contributed by atoms with Crippen LogP contribution in [-0.4, -0.2) is 58.6 Å². The van der Waals surface area contributed by atoms with Crippen LogP contribution >= 0.6 is 0 Å². The van der Waals surface area contributed by atoms with E-state index in [0.717, 1.165) is 39.4 Å². The molecule has 0 bridgehead atoms. The molecule has 1 fully saturated rings. The molecule has 1 aliphatic heterocycles. The van der Waals surface area contributed by atoms with Gasteiger partial charge in [-0.05, 0) is 48.9 Å². The predicted molar refractivity (Wildman–Crippen MR) is 150 cm³/mol. The lowest BCUT2D eigenvalue weighted by Crippen LogP contribution is -2.49. The van der Waals surface area contributed by atoms with Crippen LogP contribution in [0.5, 0.6) is 5.75 Å². The van der Waals surface area contributed by atoms with Crippen LogP contribution in [0.1, 0.15) is 15.9 Å². The van der Waals surface area contributed by atoms with Crippen LogP contribution in [0.25, 0.3) is 27.8 Å². The third kappa shape index (κ3) is 4.36. The third-order valence-electron chi connectivity index (χ3n) is 7.16. The van der Waals surface area contributed by atoms with Gasteiger partial charge in [0.15, 0.2) is 5.65 Å². The van der Waals surface area contributed by atoms with Crippen molar-refractivity contribution in [3.8, 4) is 22.6 Å². The number of fused-ring (bicyclic) bond motifs is 1. The Hall–Kier alpha value is -4.65. The van der Waals surface area contributed by atoms with Gasteiger partial charge >= 0.3 is 0 Å². The number of carbonyl (C=O) groups is 1. The highest BCUT2D eigenvalue weighted by Crippen LogP contribution is 2.37. The van der Waals surface area contributed by atoms with Crippen molar-refractivity contribution in [1.29, 1.82) is 0 Å². The zero-order valence-electron chi connectivity index (χ0n) is 21.5. The van der Waals surface area contributed by atoms with Gasteiger partial charge in [-0.25, -0.2) is 9.97 Å². The van der Waals surface area contributed by atoms with E-state index in [-0.39, 0.29) is 5.91 Å². The van der Waals surface area contributed by atoms with Gasteiger partial charge in [-0.1, -0.05) is 48.0 Å². The topological polar surface area (TPSA) is 63.5 Å². The molecule has 190 valence electrons. The largest absolute Gasteiger partial charge is 0.497 e. The number of nitrogens with zero attached hydrogens (tertiary/aromatic N) is 5. The first-order valence-corrected chi connectivity index (χ1v) is 12.8. The normalized spacial score (nSPS) is 13.6. The molecule has 0 saturated carbocycles.